The van der Waals surface area contributed by atoms with Crippen LogP contribution in [0.5, 0.6) is 0 Å². The van der Waals surface area contributed by atoms with E-state index in [-0.39, 0.29) is 29.6 Å². The maximum atomic E-state index is 13.0. The summed E-state index contributed by atoms with van der Waals surface area (Å²) in [5, 5.41) is 18.3. The van der Waals surface area contributed by atoms with Crippen molar-refractivity contribution in [2.24, 2.45) is 5.92 Å². The van der Waals surface area contributed by atoms with Gasteiger partial charge in [-0.25, -0.2) is 0 Å². The molecule has 2 N–H and O–H groups in total. The maximum Gasteiger partial charge on any atom is 0.261 e. The number of hydrogen-bond donors (Lipinski definition) is 2. The van der Waals surface area contributed by atoms with E-state index in [9.17, 15) is 14.9 Å². The van der Waals surface area contributed by atoms with Gasteiger partial charge in [0, 0.05) is 30.9 Å². The van der Waals surface area contributed by atoms with Crippen LogP contribution in [-0.4, -0.2) is 44.7 Å². The number of nitrogens with one attached hydrogen (secondary N) is 2. The van der Waals surface area contributed by atoms with Gasteiger partial charge >= 0.3 is 0 Å². The molecule has 3 aromatic rings. The predicted molar refractivity (Wildman–Crippen MR) is 135 cm³/mol. The Morgan fingerprint density at radius 3 is 2.66 bits per heavy atom. The van der Waals surface area contributed by atoms with Crippen molar-refractivity contribution in [3.05, 3.63) is 58.0 Å². The number of hydrogen-bond acceptors (Lipinski definition) is 5. The van der Waals surface area contributed by atoms with E-state index in [1.807, 2.05) is 53.9 Å². The van der Waals surface area contributed by atoms with Gasteiger partial charge < -0.3 is 15.2 Å². The lowest BCUT2D eigenvalue weighted by Gasteiger charge is -2.35. The van der Waals surface area contributed by atoms with Gasteiger partial charge in [-0.05, 0) is 69.1 Å². The molecule has 182 valence electrons. The standard InChI is InChI=1S/C27H32N6O2/c1-17-5-3-4-6-21(17)27(35)32(2)20-11-9-19(10-12-20)30-25-24-23(14-16-29-26(24)34)33(31-25)22(13-15-28)18-7-8-18/h3-6,14,16,18-20,22H,7-13H2,1-2H3,(H,29,34)(H,30,31). The van der Waals surface area contributed by atoms with Gasteiger partial charge in [-0.2, -0.15) is 10.4 Å². The molecule has 1 unspecified atom stereocenters. The summed E-state index contributed by atoms with van der Waals surface area (Å²) in [5.74, 6) is 1.11. The number of fused-ring (bicyclic) bond motifs is 1. The van der Waals surface area contributed by atoms with Crippen molar-refractivity contribution in [3.63, 3.8) is 0 Å². The second kappa shape index (κ2) is 9.57. The highest BCUT2D eigenvalue weighted by Gasteiger charge is 2.35. The Kier molecular flexibility index (Phi) is 6.33. The summed E-state index contributed by atoms with van der Waals surface area (Å²) < 4.78 is 1.90. The van der Waals surface area contributed by atoms with Crippen molar-refractivity contribution in [2.75, 3.05) is 12.4 Å². The summed E-state index contributed by atoms with van der Waals surface area (Å²) in [7, 11) is 1.90. The third kappa shape index (κ3) is 4.55. The molecular formula is C27H32N6O2. The summed E-state index contributed by atoms with van der Waals surface area (Å²) >= 11 is 0. The number of aryl methyl sites for hydroxylation is 1. The van der Waals surface area contributed by atoms with E-state index in [4.69, 9.17) is 5.10 Å². The summed E-state index contributed by atoms with van der Waals surface area (Å²) in [6.07, 6.45) is 7.78. The molecule has 0 saturated heterocycles. The van der Waals surface area contributed by atoms with Crippen LogP contribution in [0.2, 0.25) is 0 Å². The van der Waals surface area contributed by atoms with Crippen molar-refractivity contribution in [2.45, 2.75) is 70.0 Å². The zero-order valence-corrected chi connectivity index (χ0v) is 20.3. The molecule has 2 aliphatic carbocycles. The molecule has 35 heavy (non-hydrogen) atoms. The van der Waals surface area contributed by atoms with E-state index >= 15 is 0 Å². The summed E-state index contributed by atoms with van der Waals surface area (Å²) in [6, 6.07) is 12.3. The van der Waals surface area contributed by atoms with Crippen LogP contribution in [0.15, 0.2) is 41.3 Å². The van der Waals surface area contributed by atoms with E-state index in [1.54, 1.807) is 6.20 Å². The van der Waals surface area contributed by atoms with Crippen molar-refractivity contribution in [1.82, 2.24) is 19.7 Å². The van der Waals surface area contributed by atoms with Crippen LogP contribution in [0.3, 0.4) is 0 Å². The fourth-order valence-corrected chi connectivity index (χ4v) is 5.45. The Hall–Kier alpha value is -3.60. The molecule has 2 aliphatic rings. The molecule has 2 aromatic heterocycles. The first-order chi connectivity index (χ1) is 17.0. The van der Waals surface area contributed by atoms with Crippen molar-refractivity contribution >= 4 is 22.6 Å². The van der Waals surface area contributed by atoms with E-state index in [2.05, 4.69) is 16.4 Å². The molecule has 1 aromatic carbocycles. The number of aromatic nitrogens is 3. The molecule has 0 radical (unpaired) electrons. The highest BCUT2D eigenvalue weighted by Crippen LogP contribution is 2.43. The van der Waals surface area contributed by atoms with Crippen LogP contribution in [0, 0.1) is 24.2 Å². The second-order valence-electron chi connectivity index (χ2n) is 10.0. The number of pyridine rings is 1. The largest absolute Gasteiger partial charge is 0.365 e. The van der Waals surface area contributed by atoms with Gasteiger partial charge in [-0.3, -0.25) is 14.3 Å². The quantitative estimate of drug-likeness (QED) is 0.530. The lowest BCUT2D eigenvalue weighted by atomic mass is 9.90. The molecule has 2 heterocycles. The Bertz CT molecular complexity index is 1320. The van der Waals surface area contributed by atoms with Crippen LogP contribution in [0.4, 0.5) is 5.82 Å². The first-order valence-electron chi connectivity index (χ1n) is 12.5. The molecule has 0 aliphatic heterocycles. The monoisotopic (exact) mass is 472 g/mol. The van der Waals surface area contributed by atoms with Crippen LogP contribution < -0.4 is 10.9 Å². The summed E-state index contributed by atoms with van der Waals surface area (Å²) in [6.45, 7) is 1.97. The van der Waals surface area contributed by atoms with E-state index in [0.29, 0.717) is 23.5 Å². The normalized spacial score (nSPS) is 20.8. The number of benzene rings is 1. The number of carbonyl (C=O) groups is 1. The van der Waals surface area contributed by atoms with Gasteiger partial charge in [-0.1, -0.05) is 18.2 Å². The third-order valence-corrected chi connectivity index (χ3v) is 7.69. The predicted octanol–water partition coefficient (Wildman–Crippen LogP) is 4.39. The molecule has 8 nitrogen and oxygen atoms in total. The number of carbonyl (C=O) groups excluding carboxylic acids is 1. The topological polar surface area (TPSA) is 107 Å². The number of rotatable bonds is 7. The lowest BCUT2D eigenvalue weighted by Crippen LogP contribution is -2.41. The first-order valence-corrected chi connectivity index (χ1v) is 12.5. The van der Waals surface area contributed by atoms with Crippen molar-refractivity contribution < 1.29 is 4.79 Å². The minimum atomic E-state index is -0.167. The maximum absolute atomic E-state index is 13.0. The van der Waals surface area contributed by atoms with Crippen molar-refractivity contribution in [3.8, 4) is 6.07 Å². The molecule has 0 spiro atoms. The smallest absolute Gasteiger partial charge is 0.261 e. The minimum Gasteiger partial charge on any atom is -0.365 e. The summed E-state index contributed by atoms with van der Waals surface area (Å²) in [5.41, 5.74) is 2.36. The Labute approximate surface area is 204 Å². The molecule has 2 saturated carbocycles. The fraction of sp³-hybridized carbons (Fsp3) is 0.481. The average molecular weight is 473 g/mol. The molecule has 1 atom stereocenters. The highest BCUT2D eigenvalue weighted by molar-refractivity contribution is 5.95. The number of anilines is 1. The second-order valence-corrected chi connectivity index (χ2v) is 10.0. The number of H-pyrrole nitrogens is 1. The van der Waals surface area contributed by atoms with E-state index in [1.165, 1.54) is 0 Å². The minimum absolute atomic E-state index is 0.00306. The Balaban J connectivity index is 1.30. The van der Waals surface area contributed by atoms with E-state index < -0.39 is 0 Å². The Morgan fingerprint density at radius 1 is 1.23 bits per heavy atom. The van der Waals surface area contributed by atoms with Crippen LogP contribution in [-0.2, 0) is 0 Å². The van der Waals surface area contributed by atoms with Gasteiger partial charge in [0.25, 0.3) is 11.5 Å². The van der Waals surface area contributed by atoms with Gasteiger partial charge in [0.15, 0.2) is 5.82 Å². The molecule has 0 bridgehead atoms. The molecule has 8 heteroatoms. The van der Waals surface area contributed by atoms with Gasteiger partial charge in [0.1, 0.15) is 5.39 Å². The highest BCUT2D eigenvalue weighted by atomic mass is 16.2. The molecule has 5 rings (SSSR count). The number of nitriles is 1. The average Bonchev–Trinajstić information content (AvgIpc) is 3.64. The van der Waals surface area contributed by atoms with E-state index in [0.717, 1.165) is 55.2 Å². The van der Waals surface area contributed by atoms with Gasteiger partial charge in [0.2, 0.25) is 0 Å². The first kappa shape index (κ1) is 23.2. The number of aromatic amines is 1. The molecular weight excluding hydrogens is 440 g/mol. The fourth-order valence-electron chi connectivity index (χ4n) is 5.45. The van der Waals surface area contributed by atoms with Gasteiger partial charge in [-0.15, -0.1) is 0 Å². The third-order valence-electron chi connectivity index (χ3n) is 7.69. The van der Waals surface area contributed by atoms with Crippen molar-refractivity contribution in [1.29, 1.82) is 5.26 Å². The SMILES string of the molecule is Cc1ccccc1C(=O)N(C)C1CCC(Nc2nn(C(CC#N)C3CC3)c3cc[nH]c(=O)c23)CC1. The van der Waals surface area contributed by atoms with Crippen LogP contribution >= 0.6 is 0 Å². The van der Waals surface area contributed by atoms with Crippen LogP contribution in [0.1, 0.15) is 66.9 Å². The summed E-state index contributed by atoms with van der Waals surface area (Å²) in [4.78, 5) is 30.4. The molecule has 1 amide bonds. The zero-order chi connectivity index (χ0) is 24.5. The lowest BCUT2D eigenvalue weighted by molar-refractivity contribution is 0.0691. The number of amides is 1. The zero-order valence-electron chi connectivity index (χ0n) is 20.3. The van der Waals surface area contributed by atoms with Gasteiger partial charge in [0.05, 0.1) is 24.0 Å². The number of nitrogens with zero attached hydrogens (tertiary/aromatic N) is 4. The molecule has 2 fully saturated rings. The van der Waals surface area contributed by atoms with Crippen LogP contribution in [0.25, 0.3) is 10.9 Å². The Morgan fingerprint density at radius 2 is 1.97 bits per heavy atom.